The minimum atomic E-state index is -0.521. The van der Waals surface area contributed by atoms with Gasteiger partial charge in [-0.2, -0.15) is 5.26 Å². The first-order chi connectivity index (χ1) is 16.1. The second-order valence-corrected chi connectivity index (χ2v) is 10.2. The number of nitrogens with zero attached hydrogens (tertiary/aromatic N) is 7. The number of anilines is 2. The molecule has 0 aromatic carbocycles. The predicted molar refractivity (Wildman–Crippen MR) is 132 cm³/mol. The van der Waals surface area contributed by atoms with Gasteiger partial charge in [0.2, 0.25) is 0 Å². The van der Waals surface area contributed by atoms with Crippen LogP contribution in [0.5, 0.6) is 0 Å². The molecule has 0 N–H and O–H groups in total. The molecule has 9 nitrogen and oxygen atoms in total. The van der Waals surface area contributed by atoms with Gasteiger partial charge in [0.15, 0.2) is 0 Å². The molecule has 9 heteroatoms. The SMILES string of the molecule is C=C/C(C#N)=C\C(=NC)N1CC2(CC2)c2c(N3CCN(C(=O)OC(C)(C)C)C(C)C3)ncnc21. The highest BCUT2D eigenvalue weighted by atomic mass is 16.6. The number of nitriles is 1. The van der Waals surface area contributed by atoms with Crippen molar-refractivity contribution < 1.29 is 9.53 Å². The first-order valence-electron chi connectivity index (χ1n) is 11.7. The van der Waals surface area contributed by atoms with Crippen LogP contribution in [0.4, 0.5) is 16.4 Å². The summed E-state index contributed by atoms with van der Waals surface area (Å²) in [7, 11) is 1.72. The summed E-state index contributed by atoms with van der Waals surface area (Å²) in [6, 6.07) is 2.14. The molecule has 1 atom stereocenters. The van der Waals surface area contributed by atoms with Crippen LogP contribution in [0.1, 0.15) is 46.1 Å². The lowest BCUT2D eigenvalue weighted by Gasteiger charge is -2.41. The monoisotopic (exact) mass is 463 g/mol. The number of carbonyl (C=O) groups excluding carboxylic acids is 1. The Balaban J connectivity index is 1.62. The topological polar surface area (TPSA) is 98.0 Å². The Kier molecular flexibility index (Phi) is 6.11. The quantitative estimate of drug-likeness (QED) is 0.293. The predicted octanol–water partition coefficient (Wildman–Crippen LogP) is 3.44. The van der Waals surface area contributed by atoms with E-state index in [4.69, 9.17) is 9.72 Å². The minimum absolute atomic E-state index is 0.00221. The molecule has 1 saturated carbocycles. The smallest absolute Gasteiger partial charge is 0.410 e. The van der Waals surface area contributed by atoms with Crippen LogP contribution in [0, 0.1) is 11.3 Å². The second kappa shape index (κ2) is 8.75. The fourth-order valence-electron chi connectivity index (χ4n) is 4.77. The molecule has 2 aliphatic heterocycles. The van der Waals surface area contributed by atoms with E-state index >= 15 is 0 Å². The molecule has 1 unspecified atom stereocenters. The second-order valence-electron chi connectivity index (χ2n) is 10.2. The van der Waals surface area contributed by atoms with E-state index in [0.717, 1.165) is 36.6 Å². The zero-order valence-electron chi connectivity index (χ0n) is 20.7. The van der Waals surface area contributed by atoms with Crippen molar-refractivity contribution in [2.75, 3.05) is 43.0 Å². The van der Waals surface area contributed by atoms with Gasteiger partial charge in [-0.3, -0.25) is 4.99 Å². The van der Waals surface area contributed by atoms with Crippen molar-refractivity contribution in [3.05, 3.63) is 36.2 Å². The number of rotatable bonds is 3. The van der Waals surface area contributed by atoms with Gasteiger partial charge in [-0.25, -0.2) is 14.8 Å². The van der Waals surface area contributed by atoms with E-state index in [1.807, 2.05) is 27.7 Å². The molecule has 1 saturated heterocycles. The van der Waals surface area contributed by atoms with E-state index in [-0.39, 0.29) is 17.6 Å². The summed E-state index contributed by atoms with van der Waals surface area (Å²) in [5.74, 6) is 2.47. The lowest BCUT2D eigenvalue weighted by molar-refractivity contribution is 0.0158. The Hall–Kier alpha value is -3.41. The van der Waals surface area contributed by atoms with Gasteiger partial charge in [0, 0.05) is 50.2 Å². The summed E-state index contributed by atoms with van der Waals surface area (Å²) in [6.07, 6.45) is 6.75. The molecule has 3 heterocycles. The van der Waals surface area contributed by atoms with Crippen molar-refractivity contribution in [3.8, 4) is 6.07 Å². The number of carbonyl (C=O) groups is 1. The molecule has 1 aromatic heterocycles. The molecule has 2 fully saturated rings. The van der Waals surface area contributed by atoms with Crippen LogP contribution in [0.2, 0.25) is 0 Å². The summed E-state index contributed by atoms with van der Waals surface area (Å²) in [4.78, 5) is 32.6. The molecular weight excluding hydrogens is 430 g/mol. The minimum Gasteiger partial charge on any atom is -0.444 e. The Morgan fingerprint density at radius 1 is 1.32 bits per heavy atom. The summed E-state index contributed by atoms with van der Waals surface area (Å²) in [5.41, 5.74) is 1.09. The van der Waals surface area contributed by atoms with Crippen LogP contribution in [0.25, 0.3) is 0 Å². The van der Waals surface area contributed by atoms with Crippen LogP contribution in [-0.2, 0) is 10.2 Å². The Morgan fingerprint density at radius 3 is 2.59 bits per heavy atom. The van der Waals surface area contributed by atoms with E-state index in [0.29, 0.717) is 31.0 Å². The zero-order valence-corrected chi connectivity index (χ0v) is 20.7. The van der Waals surface area contributed by atoms with Crippen molar-refractivity contribution >= 4 is 23.6 Å². The maximum Gasteiger partial charge on any atom is 0.410 e. The van der Waals surface area contributed by atoms with Gasteiger partial charge in [0.05, 0.1) is 11.6 Å². The Morgan fingerprint density at radius 2 is 2.03 bits per heavy atom. The van der Waals surface area contributed by atoms with E-state index in [1.165, 1.54) is 6.08 Å². The molecule has 0 radical (unpaired) electrons. The lowest BCUT2D eigenvalue weighted by atomic mass is 9.99. The van der Waals surface area contributed by atoms with Gasteiger partial charge in [-0.05, 0) is 46.6 Å². The molecule has 3 aliphatic rings. The maximum atomic E-state index is 12.7. The molecular formula is C25H33N7O2. The number of aliphatic imine (C=N–C) groups is 1. The zero-order chi connectivity index (χ0) is 24.7. The first-order valence-corrected chi connectivity index (χ1v) is 11.7. The number of amidine groups is 1. The highest BCUT2D eigenvalue weighted by Gasteiger charge is 2.55. The fourth-order valence-corrected chi connectivity index (χ4v) is 4.77. The van der Waals surface area contributed by atoms with E-state index < -0.39 is 5.60 Å². The number of fused-ring (bicyclic) bond motifs is 2. The fraction of sp³-hybridized carbons (Fsp3) is 0.560. The number of aromatic nitrogens is 2. The molecule has 180 valence electrons. The van der Waals surface area contributed by atoms with Crippen molar-refractivity contribution in [1.82, 2.24) is 14.9 Å². The van der Waals surface area contributed by atoms with Gasteiger partial charge in [-0.1, -0.05) is 12.7 Å². The number of hydrogen-bond acceptors (Lipinski definition) is 7. The number of amides is 1. The van der Waals surface area contributed by atoms with E-state index in [9.17, 15) is 10.1 Å². The lowest BCUT2D eigenvalue weighted by Crippen LogP contribution is -2.55. The molecule has 1 amide bonds. The van der Waals surface area contributed by atoms with Crippen LogP contribution in [-0.4, -0.2) is 71.7 Å². The summed E-state index contributed by atoms with van der Waals surface area (Å²) < 4.78 is 5.60. The van der Waals surface area contributed by atoms with Crippen LogP contribution < -0.4 is 9.80 Å². The van der Waals surface area contributed by atoms with Crippen molar-refractivity contribution in [2.45, 2.75) is 57.6 Å². The maximum absolute atomic E-state index is 12.7. The standard InChI is InChI=1S/C25H33N7O2/c1-7-18(13-26)12-19(27-6)32-15-25(8-9-25)20-21(28-16-29-22(20)32)30-10-11-31(17(2)14-30)23(33)34-24(3,4)5/h7,12,16-17H,1,8-11,14-15H2,2-6H3/b18-12+,27-19?. The Labute approximate surface area is 201 Å². The number of hydrogen-bond donors (Lipinski definition) is 0. The highest BCUT2D eigenvalue weighted by Crippen LogP contribution is 2.58. The van der Waals surface area contributed by atoms with Gasteiger partial charge >= 0.3 is 6.09 Å². The molecule has 0 bridgehead atoms. The molecule has 1 aromatic rings. The van der Waals surface area contributed by atoms with E-state index in [1.54, 1.807) is 24.4 Å². The van der Waals surface area contributed by atoms with Crippen LogP contribution in [0.3, 0.4) is 0 Å². The van der Waals surface area contributed by atoms with Gasteiger partial charge < -0.3 is 19.4 Å². The normalized spacial score (nSPS) is 21.9. The number of ether oxygens (including phenoxy) is 1. The average molecular weight is 464 g/mol. The number of allylic oxidation sites excluding steroid dienone is 2. The highest BCUT2D eigenvalue weighted by molar-refractivity contribution is 6.08. The van der Waals surface area contributed by atoms with Gasteiger partial charge in [-0.15, -0.1) is 0 Å². The molecule has 1 spiro atoms. The third kappa shape index (κ3) is 4.37. The first kappa shape index (κ1) is 23.7. The summed E-state index contributed by atoms with van der Waals surface area (Å²) in [5, 5.41) is 9.35. The van der Waals surface area contributed by atoms with Crippen LogP contribution >= 0.6 is 0 Å². The summed E-state index contributed by atoms with van der Waals surface area (Å²) in [6.45, 7) is 14.1. The molecule has 1 aliphatic carbocycles. The molecule has 34 heavy (non-hydrogen) atoms. The van der Waals surface area contributed by atoms with E-state index in [2.05, 4.69) is 32.4 Å². The van der Waals surface area contributed by atoms with Crippen molar-refractivity contribution in [3.63, 3.8) is 0 Å². The van der Waals surface area contributed by atoms with Crippen LogP contribution in [0.15, 0.2) is 35.6 Å². The third-order valence-corrected chi connectivity index (χ3v) is 6.60. The van der Waals surface area contributed by atoms with Crippen molar-refractivity contribution in [1.29, 1.82) is 5.26 Å². The number of piperazine rings is 1. The summed E-state index contributed by atoms with van der Waals surface area (Å²) >= 11 is 0. The van der Waals surface area contributed by atoms with Gasteiger partial charge in [0.1, 0.15) is 29.4 Å². The average Bonchev–Trinajstić information content (AvgIpc) is 3.49. The third-order valence-electron chi connectivity index (χ3n) is 6.60. The largest absolute Gasteiger partial charge is 0.444 e. The Bertz CT molecular complexity index is 1090. The van der Waals surface area contributed by atoms with Crippen molar-refractivity contribution in [2.24, 2.45) is 4.99 Å². The molecule has 4 rings (SSSR count). The van der Waals surface area contributed by atoms with Gasteiger partial charge in [0.25, 0.3) is 0 Å².